The number of hydrogen-bond acceptors (Lipinski definition) is 3. The molecule has 2 aromatic heterocycles. The van der Waals surface area contributed by atoms with Gasteiger partial charge in [-0.3, -0.25) is 0 Å². The first-order valence-electron chi connectivity index (χ1n) is 10.1. The largest absolute Gasteiger partial charge is 0.384 e. The van der Waals surface area contributed by atoms with Gasteiger partial charge in [0.25, 0.3) is 0 Å². The highest BCUT2D eigenvalue weighted by Crippen LogP contribution is 2.44. The van der Waals surface area contributed by atoms with Crippen molar-refractivity contribution < 1.29 is 0 Å². The maximum atomic E-state index is 5.90. The Kier molecular flexibility index (Phi) is 3.36. The summed E-state index contributed by atoms with van der Waals surface area (Å²) in [6.45, 7) is 0. The molecule has 0 aliphatic heterocycles. The summed E-state index contributed by atoms with van der Waals surface area (Å²) in [5, 5.41) is 6.31. The number of nitrogens with two attached hydrogens (primary N) is 1. The standard InChI is InChI=1S/C24H22N4/c25-23-14-19(11-12-26-23)18-7-10-21-22(13-18)28(27-24(21)17-3-4-17)20-8-5-16(6-9-20)15-1-2-15/h5-15,17H,1-4H2,(H2,25,26). The molecule has 28 heavy (non-hydrogen) atoms. The van der Waals surface area contributed by atoms with E-state index in [1.807, 2.05) is 12.1 Å². The highest BCUT2D eigenvalue weighted by Gasteiger charge is 2.29. The van der Waals surface area contributed by atoms with E-state index in [0.717, 1.165) is 28.2 Å². The Morgan fingerprint density at radius 1 is 0.821 bits per heavy atom. The predicted octanol–water partition coefficient (Wildman–Crippen LogP) is 5.42. The lowest BCUT2D eigenvalue weighted by atomic mass is 10.0. The summed E-state index contributed by atoms with van der Waals surface area (Å²) in [5.74, 6) is 1.92. The minimum absolute atomic E-state index is 0.542. The molecule has 2 aliphatic carbocycles. The number of benzene rings is 2. The minimum atomic E-state index is 0.542. The van der Waals surface area contributed by atoms with Crippen molar-refractivity contribution in [2.75, 3.05) is 5.73 Å². The van der Waals surface area contributed by atoms with Crippen LogP contribution in [0.4, 0.5) is 5.82 Å². The van der Waals surface area contributed by atoms with Crippen LogP contribution in [0.2, 0.25) is 0 Å². The maximum absolute atomic E-state index is 5.90. The lowest BCUT2D eigenvalue weighted by molar-refractivity contribution is 0.857. The Bertz CT molecular complexity index is 1180. The number of fused-ring (bicyclic) bond motifs is 1. The van der Waals surface area contributed by atoms with E-state index in [9.17, 15) is 0 Å². The number of pyridine rings is 1. The van der Waals surface area contributed by atoms with Gasteiger partial charge >= 0.3 is 0 Å². The van der Waals surface area contributed by atoms with Crippen molar-refractivity contribution >= 4 is 16.7 Å². The molecule has 4 heteroatoms. The van der Waals surface area contributed by atoms with Crippen LogP contribution in [0.1, 0.15) is 48.8 Å². The molecule has 0 spiro atoms. The fourth-order valence-electron chi connectivity index (χ4n) is 4.11. The van der Waals surface area contributed by atoms with E-state index in [1.165, 1.54) is 42.3 Å². The van der Waals surface area contributed by atoms with E-state index in [0.29, 0.717) is 11.7 Å². The maximum Gasteiger partial charge on any atom is 0.123 e. The third-order valence-electron chi connectivity index (χ3n) is 5.97. The van der Waals surface area contributed by atoms with Crippen molar-refractivity contribution in [3.63, 3.8) is 0 Å². The van der Waals surface area contributed by atoms with Crippen molar-refractivity contribution in [2.45, 2.75) is 37.5 Å². The zero-order valence-corrected chi connectivity index (χ0v) is 15.7. The molecule has 2 N–H and O–H groups in total. The van der Waals surface area contributed by atoms with Gasteiger partial charge in [-0.1, -0.05) is 24.3 Å². The molecule has 2 aliphatic rings. The monoisotopic (exact) mass is 366 g/mol. The average Bonchev–Trinajstić information content (AvgIpc) is 3.65. The Morgan fingerprint density at radius 3 is 2.29 bits per heavy atom. The zero-order valence-electron chi connectivity index (χ0n) is 15.7. The van der Waals surface area contributed by atoms with Gasteiger partial charge in [0.15, 0.2) is 0 Å². The lowest BCUT2D eigenvalue weighted by Gasteiger charge is -2.07. The van der Waals surface area contributed by atoms with Crippen LogP contribution in [0.25, 0.3) is 27.7 Å². The van der Waals surface area contributed by atoms with Crippen molar-refractivity contribution in [3.05, 3.63) is 72.1 Å². The fourth-order valence-corrected chi connectivity index (χ4v) is 4.11. The van der Waals surface area contributed by atoms with Gasteiger partial charge in [0, 0.05) is 17.5 Å². The van der Waals surface area contributed by atoms with Crippen LogP contribution in [-0.2, 0) is 0 Å². The number of nitrogens with zero attached hydrogens (tertiary/aromatic N) is 3. The molecule has 0 atom stereocenters. The highest BCUT2D eigenvalue weighted by atomic mass is 15.3. The number of nitrogen functional groups attached to an aromatic ring is 1. The zero-order chi connectivity index (χ0) is 18.7. The molecule has 2 saturated carbocycles. The van der Waals surface area contributed by atoms with Crippen LogP contribution in [0, 0.1) is 0 Å². The molecule has 0 unspecified atom stereocenters. The number of hydrogen-bond donors (Lipinski definition) is 1. The summed E-state index contributed by atoms with van der Waals surface area (Å²) >= 11 is 0. The molecule has 2 heterocycles. The molecule has 0 bridgehead atoms. The first-order chi connectivity index (χ1) is 13.8. The summed E-state index contributed by atoms with van der Waals surface area (Å²) in [5.41, 5.74) is 13.1. The van der Waals surface area contributed by atoms with E-state index < -0.39 is 0 Å². The molecule has 6 rings (SSSR count). The molecule has 4 nitrogen and oxygen atoms in total. The molecule has 0 amide bonds. The fraction of sp³-hybridized carbons (Fsp3) is 0.250. The summed E-state index contributed by atoms with van der Waals surface area (Å²) < 4.78 is 2.12. The van der Waals surface area contributed by atoms with Crippen LogP contribution < -0.4 is 5.73 Å². The lowest BCUT2D eigenvalue weighted by Crippen LogP contribution is -1.97. The Hall–Kier alpha value is -3.14. The first kappa shape index (κ1) is 15.9. The topological polar surface area (TPSA) is 56.7 Å². The van der Waals surface area contributed by atoms with Crippen LogP contribution in [0.3, 0.4) is 0 Å². The van der Waals surface area contributed by atoms with Crippen molar-refractivity contribution in [2.24, 2.45) is 0 Å². The van der Waals surface area contributed by atoms with Crippen LogP contribution in [0.15, 0.2) is 60.8 Å². The number of anilines is 1. The SMILES string of the molecule is Nc1cc(-c2ccc3c(C4CC4)nn(-c4ccc(C5CC5)cc4)c3c2)ccn1. The predicted molar refractivity (Wildman–Crippen MR) is 113 cm³/mol. The molecular formula is C24H22N4. The summed E-state index contributed by atoms with van der Waals surface area (Å²) in [6.07, 6.45) is 6.91. The van der Waals surface area contributed by atoms with Gasteiger partial charge in [0.2, 0.25) is 0 Å². The van der Waals surface area contributed by atoms with Gasteiger partial charge in [0.1, 0.15) is 5.82 Å². The quantitative estimate of drug-likeness (QED) is 0.524. The van der Waals surface area contributed by atoms with Gasteiger partial charge < -0.3 is 5.73 Å². The second kappa shape index (κ2) is 5.93. The highest BCUT2D eigenvalue weighted by molar-refractivity contribution is 5.89. The van der Waals surface area contributed by atoms with E-state index in [2.05, 4.69) is 52.1 Å². The minimum Gasteiger partial charge on any atom is -0.384 e. The smallest absolute Gasteiger partial charge is 0.123 e. The summed E-state index contributed by atoms with van der Waals surface area (Å²) in [7, 11) is 0. The van der Waals surface area contributed by atoms with Gasteiger partial charge in [-0.2, -0.15) is 5.10 Å². The molecule has 2 aromatic carbocycles. The average molecular weight is 366 g/mol. The van der Waals surface area contributed by atoms with E-state index in [4.69, 9.17) is 10.8 Å². The number of rotatable bonds is 4. The van der Waals surface area contributed by atoms with Gasteiger partial charge in [-0.05, 0) is 78.6 Å². The Labute approximate surface area is 164 Å². The van der Waals surface area contributed by atoms with Crippen molar-refractivity contribution in [3.8, 4) is 16.8 Å². The Morgan fingerprint density at radius 2 is 1.57 bits per heavy atom. The molecule has 2 fully saturated rings. The molecule has 0 saturated heterocycles. The van der Waals surface area contributed by atoms with Crippen LogP contribution in [0.5, 0.6) is 0 Å². The third-order valence-corrected chi connectivity index (χ3v) is 5.97. The second-order valence-corrected chi connectivity index (χ2v) is 8.14. The van der Waals surface area contributed by atoms with E-state index >= 15 is 0 Å². The van der Waals surface area contributed by atoms with E-state index in [1.54, 1.807) is 6.20 Å². The summed E-state index contributed by atoms with van der Waals surface area (Å²) in [4.78, 5) is 4.12. The normalized spacial score (nSPS) is 16.6. The molecule has 138 valence electrons. The molecular weight excluding hydrogens is 344 g/mol. The molecule has 0 radical (unpaired) electrons. The first-order valence-corrected chi connectivity index (χ1v) is 10.1. The number of aromatic nitrogens is 3. The second-order valence-electron chi connectivity index (χ2n) is 8.14. The summed E-state index contributed by atoms with van der Waals surface area (Å²) in [6, 6.07) is 19.5. The van der Waals surface area contributed by atoms with E-state index in [-0.39, 0.29) is 0 Å². The van der Waals surface area contributed by atoms with Gasteiger partial charge in [0.05, 0.1) is 16.9 Å². The van der Waals surface area contributed by atoms with Gasteiger partial charge in [-0.25, -0.2) is 9.67 Å². The van der Waals surface area contributed by atoms with Crippen molar-refractivity contribution in [1.29, 1.82) is 0 Å². The van der Waals surface area contributed by atoms with Crippen molar-refractivity contribution in [1.82, 2.24) is 14.8 Å². The van der Waals surface area contributed by atoms with Crippen LogP contribution >= 0.6 is 0 Å². The Balaban J connectivity index is 1.51. The molecule has 4 aromatic rings. The van der Waals surface area contributed by atoms with Crippen LogP contribution in [-0.4, -0.2) is 14.8 Å². The van der Waals surface area contributed by atoms with Gasteiger partial charge in [-0.15, -0.1) is 0 Å². The third kappa shape index (κ3) is 2.68.